The first kappa shape index (κ1) is 15.2. The molecule has 0 amide bonds. The molecule has 0 saturated heterocycles. The van der Waals surface area contributed by atoms with Crippen LogP contribution in [-0.2, 0) is 0 Å². The lowest BCUT2D eigenvalue weighted by atomic mass is 10.1. The van der Waals surface area contributed by atoms with Crippen LogP contribution in [0.5, 0.6) is 0 Å². The highest BCUT2D eigenvalue weighted by atomic mass is 33.1. The van der Waals surface area contributed by atoms with Gasteiger partial charge in [-0.3, -0.25) is 0 Å². The Bertz CT molecular complexity index is 152. The maximum Gasteiger partial charge on any atom is 0.375 e. The van der Waals surface area contributed by atoms with Crippen molar-refractivity contribution in [3.05, 3.63) is 0 Å². The zero-order valence-electron chi connectivity index (χ0n) is 9.54. The molecule has 1 N–H and O–H groups in total. The van der Waals surface area contributed by atoms with Gasteiger partial charge in [-0.05, 0) is 6.42 Å². The third-order valence-electron chi connectivity index (χ3n) is 2.21. The third kappa shape index (κ3) is 14.2. The molecule has 2 nitrogen and oxygen atoms in total. The number of unbranched alkanes of at least 4 members (excludes halogenated alkanes) is 7. The lowest BCUT2D eigenvalue weighted by Gasteiger charge is -2.00. The summed E-state index contributed by atoms with van der Waals surface area (Å²) < 4.78 is 0. The van der Waals surface area contributed by atoms with Crippen molar-refractivity contribution in [3.63, 3.8) is 0 Å². The van der Waals surface area contributed by atoms with Crippen LogP contribution in [0.15, 0.2) is 0 Å². The van der Waals surface area contributed by atoms with Gasteiger partial charge in [0.05, 0.1) is 0 Å². The van der Waals surface area contributed by atoms with Gasteiger partial charge in [0.1, 0.15) is 0 Å². The summed E-state index contributed by atoms with van der Waals surface area (Å²) >= 11 is 0. The van der Waals surface area contributed by atoms with Crippen LogP contribution in [0.1, 0.15) is 58.3 Å². The van der Waals surface area contributed by atoms with Gasteiger partial charge in [-0.2, -0.15) is 0 Å². The highest BCUT2D eigenvalue weighted by Gasteiger charge is 1.97. The fraction of sp³-hybridized carbons (Fsp3) is 0.909. The van der Waals surface area contributed by atoms with Gasteiger partial charge >= 0.3 is 5.30 Å². The molecule has 4 heteroatoms. The molecule has 0 aromatic rings. The summed E-state index contributed by atoms with van der Waals surface area (Å²) in [6.07, 6.45) is 10.5. The fourth-order valence-electron chi connectivity index (χ4n) is 1.39. The van der Waals surface area contributed by atoms with E-state index in [4.69, 9.17) is 5.11 Å². The minimum atomic E-state index is -0.778. The third-order valence-corrected chi connectivity index (χ3v) is 4.21. The van der Waals surface area contributed by atoms with Gasteiger partial charge in [-0.25, -0.2) is 4.79 Å². The van der Waals surface area contributed by atoms with E-state index in [1.807, 2.05) is 0 Å². The normalized spacial score (nSPS) is 10.5. The molecule has 0 unspecified atom stereocenters. The molecule has 0 fully saturated rings. The first-order valence-electron chi connectivity index (χ1n) is 5.79. The number of carbonyl (C=O) groups is 1. The lowest BCUT2D eigenvalue weighted by Crippen LogP contribution is -1.83. The van der Waals surface area contributed by atoms with E-state index in [9.17, 15) is 4.79 Å². The number of hydrogen-bond donors (Lipinski definition) is 1. The van der Waals surface area contributed by atoms with Crippen molar-refractivity contribution in [1.29, 1.82) is 0 Å². The molecule has 0 saturated carbocycles. The van der Waals surface area contributed by atoms with Gasteiger partial charge in [0.2, 0.25) is 0 Å². The molecule has 0 aromatic heterocycles. The summed E-state index contributed by atoms with van der Waals surface area (Å²) in [5, 5.41) is 7.60. The van der Waals surface area contributed by atoms with Crippen molar-refractivity contribution in [1.82, 2.24) is 0 Å². The number of rotatable bonds is 10. The second-order valence-corrected chi connectivity index (χ2v) is 6.01. The average molecular weight is 250 g/mol. The Balaban J connectivity index is 2.89. The van der Waals surface area contributed by atoms with Gasteiger partial charge in [0.15, 0.2) is 0 Å². The van der Waals surface area contributed by atoms with E-state index in [0.717, 1.165) is 23.0 Å². The molecule has 0 aliphatic rings. The second kappa shape index (κ2) is 12.2. The molecule has 0 radical (unpaired) electrons. The predicted octanol–water partition coefficient (Wildman–Crippen LogP) is 5.19. The Morgan fingerprint density at radius 1 is 1.00 bits per heavy atom. The van der Waals surface area contributed by atoms with Gasteiger partial charge in [-0.15, -0.1) is 0 Å². The molecular weight excluding hydrogens is 228 g/mol. The van der Waals surface area contributed by atoms with Crippen LogP contribution >= 0.6 is 21.6 Å². The molecule has 0 heterocycles. The van der Waals surface area contributed by atoms with Crippen LogP contribution in [-0.4, -0.2) is 16.2 Å². The van der Waals surface area contributed by atoms with Gasteiger partial charge in [-0.1, -0.05) is 62.7 Å². The minimum Gasteiger partial charge on any atom is -0.473 e. The Labute approximate surface area is 101 Å². The molecule has 0 aromatic carbocycles. The standard InChI is InChI=1S/C11H22O2S2/c1-2-3-4-5-6-7-8-9-10-14-15-11(12)13/h2-10H2,1H3,(H,12,13). The largest absolute Gasteiger partial charge is 0.473 e. The minimum absolute atomic E-state index is 0.778. The molecule has 15 heavy (non-hydrogen) atoms. The van der Waals surface area contributed by atoms with Gasteiger partial charge < -0.3 is 5.11 Å². The van der Waals surface area contributed by atoms with E-state index < -0.39 is 5.30 Å². The van der Waals surface area contributed by atoms with Crippen molar-refractivity contribution < 1.29 is 9.90 Å². The molecular formula is C11H22O2S2. The molecule has 0 aliphatic heterocycles. The Hall–Kier alpha value is 0.170. The topological polar surface area (TPSA) is 37.3 Å². The van der Waals surface area contributed by atoms with Crippen LogP contribution < -0.4 is 0 Å². The monoisotopic (exact) mass is 250 g/mol. The van der Waals surface area contributed by atoms with Crippen LogP contribution in [0.3, 0.4) is 0 Å². The van der Waals surface area contributed by atoms with Crippen molar-refractivity contribution in [2.45, 2.75) is 58.3 Å². The van der Waals surface area contributed by atoms with Crippen LogP contribution in [0.2, 0.25) is 0 Å². The van der Waals surface area contributed by atoms with Crippen LogP contribution in [0.25, 0.3) is 0 Å². The lowest BCUT2D eigenvalue weighted by molar-refractivity contribution is 0.222. The van der Waals surface area contributed by atoms with Gasteiger partial charge in [0, 0.05) is 16.5 Å². The molecule has 0 rings (SSSR count). The summed E-state index contributed by atoms with van der Waals surface area (Å²) in [6.45, 7) is 2.23. The number of hydrogen-bond acceptors (Lipinski definition) is 3. The van der Waals surface area contributed by atoms with Crippen molar-refractivity contribution in [3.8, 4) is 0 Å². The predicted molar refractivity (Wildman–Crippen MR) is 70.7 cm³/mol. The van der Waals surface area contributed by atoms with Crippen molar-refractivity contribution in [2.75, 3.05) is 5.75 Å². The van der Waals surface area contributed by atoms with Crippen molar-refractivity contribution in [2.24, 2.45) is 0 Å². The summed E-state index contributed by atoms with van der Waals surface area (Å²) in [7, 11) is 2.39. The molecule has 0 atom stereocenters. The summed E-state index contributed by atoms with van der Waals surface area (Å²) in [6, 6.07) is 0. The first-order chi connectivity index (χ1) is 7.27. The smallest absolute Gasteiger partial charge is 0.375 e. The summed E-state index contributed by atoms with van der Waals surface area (Å²) in [4.78, 5) is 10.2. The van der Waals surface area contributed by atoms with E-state index >= 15 is 0 Å². The van der Waals surface area contributed by atoms with E-state index in [2.05, 4.69) is 6.92 Å². The van der Waals surface area contributed by atoms with E-state index in [-0.39, 0.29) is 0 Å². The number of carboxylic acid groups (broad SMARTS) is 1. The first-order valence-corrected chi connectivity index (χ1v) is 8.11. The van der Waals surface area contributed by atoms with E-state index in [0.29, 0.717) is 0 Å². The molecule has 0 aliphatic carbocycles. The Morgan fingerprint density at radius 2 is 1.53 bits per heavy atom. The highest BCUT2D eigenvalue weighted by Crippen LogP contribution is 2.23. The highest BCUT2D eigenvalue weighted by molar-refractivity contribution is 8.82. The Morgan fingerprint density at radius 3 is 2.07 bits per heavy atom. The average Bonchev–Trinajstić information content (AvgIpc) is 2.20. The molecule has 90 valence electrons. The van der Waals surface area contributed by atoms with Crippen LogP contribution in [0.4, 0.5) is 4.79 Å². The quantitative estimate of drug-likeness (QED) is 0.428. The zero-order valence-corrected chi connectivity index (χ0v) is 11.2. The van der Waals surface area contributed by atoms with Gasteiger partial charge in [0.25, 0.3) is 0 Å². The summed E-state index contributed by atoms with van der Waals surface area (Å²) in [5.41, 5.74) is 0. The SMILES string of the molecule is CCCCCCCCCCSSC(=O)O. The summed E-state index contributed by atoms with van der Waals surface area (Å²) in [5.74, 6) is 0.964. The second-order valence-electron chi connectivity index (χ2n) is 3.65. The van der Waals surface area contributed by atoms with E-state index in [1.54, 1.807) is 0 Å². The Kier molecular flexibility index (Phi) is 12.4. The maximum absolute atomic E-state index is 10.2. The fourth-order valence-corrected chi connectivity index (χ4v) is 2.80. The van der Waals surface area contributed by atoms with Crippen LogP contribution in [0, 0.1) is 0 Å². The van der Waals surface area contributed by atoms with Crippen molar-refractivity contribution >= 4 is 26.9 Å². The zero-order chi connectivity index (χ0) is 11.4. The maximum atomic E-state index is 10.2. The molecule has 0 bridgehead atoms. The van der Waals surface area contributed by atoms with E-state index in [1.165, 1.54) is 55.7 Å². The molecule has 0 spiro atoms.